The van der Waals surface area contributed by atoms with Crippen molar-refractivity contribution >= 4 is 28.4 Å². The van der Waals surface area contributed by atoms with Gasteiger partial charge in [-0.1, -0.05) is 30.3 Å². The molecule has 3 aromatic rings. The Labute approximate surface area is 172 Å². The molecule has 0 saturated carbocycles. The average molecular weight is 400 g/mol. The first-order chi connectivity index (χ1) is 14.5. The predicted molar refractivity (Wildman–Crippen MR) is 111 cm³/mol. The fraction of sp³-hybridized carbons (Fsp3) is 0.304. The van der Waals surface area contributed by atoms with Gasteiger partial charge in [-0.3, -0.25) is 23.9 Å². The number of benzene rings is 2. The van der Waals surface area contributed by atoms with Crippen LogP contribution in [0.1, 0.15) is 49.7 Å². The zero-order chi connectivity index (χ0) is 20.7. The third kappa shape index (κ3) is 1.99. The van der Waals surface area contributed by atoms with E-state index in [-0.39, 0.29) is 35.5 Å². The van der Waals surface area contributed by atoms with Gasteiger partial charge in [0, 0.05) is 18.5 Å². The van der Waals surface area contributed by atoms with E-state index in [1.54, 1.807) is 27.4 Å². The van der Waals surface area contributed by atoms with E-state index in [1.807, 2.05) is 42.5 Å². The maximum atomic E-state index is 13.5. The van der Waals surface area contributed by atoms with Crippen LogP contribution in [0.2, 0.25) is 0 Å². The molecule has 2 amide bonds. The smallest absolute Gasteiger partial charge is 0.262 e. The maximum absolute atomic E-state index is 13.5. The van der Waals surface area contributed by atoms with Gasteiger partial charge in [0.25, 0.3) is 5.56 Å². The van der Waals surface area contributed by atoms with Crippen molar-refractivity contribution in [2.75, 3.05) is 4.90 Å². The van der Waals surface area contributed by atoms with Crippen molar-refractivity contribution in [3.8, 4) is 0 Å². The van der Waals surface area contributed by atoms with E-state index in [0.29, 0.717) is 23.1 Å². The molecule has 0 bridgehead atoms. The third-order valence-corrected chi connectivity index (χ3v) is 6.79. The summed E-state index contributed by atoms with van der Waals surface area (Å²) in [4.78, 5) is 47.7. The van der Waals surface area contributed by atoms with Crippen LogP contribution in [0.3, 0.4) is 0 Å². The van der Waals surface area contributed by atoms with Crippen LogP contribution in [0.15, 0.2) is 53.3 Å². The number of hydrogen-bond acceptors (Lipinski definition) is 4. The minimum atomic E-state index is -0.669. The SMILES string of the molecule is CC(=O)N1c2ccccc2[C@H]2C[C@@H]3c4nc5ccccc5c(=O)n4[C@H](C)C(=O)N3[C@H]21. The van der Waals surface area contributed by atoms with E-state index in [0.717, 1.165) is 11.3 Å². The quantitative estimate of drug-likeness (QED) is 0.582. The van der Waals surface area contributed by atoms with E-state index in [4.69, 9.17) is 4.98 Å². The van der Waals surface area contributed by atoms with Gasteiger partial charge < -0.3 is 4.90 Å². The number of aromatic nitrogens is 2. The molecule has 6 rings (SSSR count). The van der Waals surface area contributed by atoms with Gasteiger partial charge in [0.1, 0.15) is 18.0 Å². The van der Waals surface area contributed by atoms with Gasteiger partial charge in [0.15, 0.2) is 0 Å². The highest BCUT2D eigenvalue weighted by Crippen LogP contribution is 2.55. The molecule has 1 aromatic heterocycles. The van der Waals surface area contributed by atoms with Crippen LogP contribution in [0, 0.1) is 0 Å². The molecule has 7 heteroatoms. The van der Waals surface area contributed by atoms with Crippen molar-refractivity contribution in [2.45, 2.75) is 44.4 Å². The van der Waals surface area contributed by atoms with Crippen molar-refractivity contribution in [1.29, 1.82) is 0 Å². The summed E-state index contributed by atoms with van der Waals surface area (Å²) in [7, 11) is 0. The Morgan fingerprint density at radius 3 is 2.60 bits per heavy atom. The molecule has 4 heterocycles. The van der Waals surface area contributed by atoms with Gasteiger partial charge in [-0.05, 0) is 37.1 Å². The lowest BCUT2D eigenvalue weighted by atomic mass is 9.96. The molecule has 7 nitrogen and oxygen atoms in total. The third-order valence-electron chi connectivity index (χ3n) is 6.79. The summed E-state index contributed by atoms with van der Waals surface area (Å²) in [5.74, 6) is 0.381. The first-order valence-corrected chi connectivity index (χ1v) is 10.2. The van der Waals surface area contributed by atoms with Crippen LogP contribution in [0.4, 0.5) is 5.69 Å². The molecule has 30 heavy (non-hydrogen) atoms. The summed E-state index contributed by atoms with van der Waals surface area (Å²) in [6.45, 7) is 3.28. The lowest BCUT2D eigenvalue weighted by Crippen LogP contribution is -2.55. The van der Waals surface area contributed by atoms with Crippen LogP contribution >= 0.6 is 0 Å². The van der Waals surface area contributed by atoms with Gasteiger partial charge in [-0.2, -0.15) is 0 Å². The zero-order valence-electron chi connectivity index (χ0n) is 16.6. The molecule has 1 fully saturated rings. The van der Waals surface area contributed by atoms with E-state index in [2.05, 4.69) is 0 Å². The number of carbonyl (C=O) groups excluding carboxylic acids is 2. The highest BCUT2D eigenvalue weighted by molar-refractivity contribution is 5.97. The summed E-state index contributed by atoms with van der Waals surface area (Å²) in [6.07, 6.45) is 0.256. The van der Waals surface area contributed by atoms with Gasteiger partial charge in [0.2, 0.25) is 11.8 Å². The average Bonchev–Trinajstić information content (AvgIpc) is 3.27. The number of nitrogens with zero attached hydrogens (tertiary/aromatic N) is 4. The van der Waals surface area contributed by atoms with Crippen LogP contribution in [0.5, 0.6) is 0 Å². The number of carbonyl (C=O) groups is 2. The molecule has 3 aliphatic heterocycles. The second-order valence-corrected chi connectivity index (χ2v) is 8.30. The Kier molecular flexibility index (Phi) is 3.35. The fourth-order valence-electron chi connectivity index (χ4n) is 5.58. The molecular formula is C23H20N4O3. The lowest BCUT2D eigenvalue weighted by Gasteiger charge is -2.41. The van der Waals surface area contributed by atoms with Crippen molar-refractivity contribution in [1.82, 2.24) is 14.5 Å². The zero-order valence-corrected chi connectivity index (χ0v) is 16.6. The second-order valence-electron chi connectivity index (χ2n) is 8.30. The summed E-state index contributed by atoms with van der Waals surface area (Å²) < 4.78 is 1.55. The van der Waals surface area contributed by atoms with Gasteiger partial charge in [0.05, 0.1) is 16.9 Å². The highest BCUT2D eigenvalue weighted by Gasteiger charge is 2.57. The van der Waals surface area contributed by atoms with Crippen LogP contribution in [-0.4, -0.2) is 32.4 Å². The molecule has 2 aromatic carbocycles. The number of rotatable bonds is 0. The standard InChI is InChI=1S/C23H20N4O3/c1-12-22(29)27-19(20-24-17-9-5-3-8-15(17)23(30)25(12)20)11-16-14-7-4-6-10-18(14)26(13(2)28)21(16)27/h3-10,12,16,19,21H,11H2,1-2H3/t12-,16-,19-,21-/m1/s1. The largest absolute Gasteiger partial charge is 0.309 e. The molecule has 0 N–H and O–H groups in total. The summed E-state index contributed by atoms with van der Waals surface area (Å²) in [5, 5.41) is 0.517. The second kappa shape index (κ2) is 5.78. The van der Waals surface area contributed by atoms with Crippen LogP contribution in [-0.2, 0) is 9.59 Å². The molecular weight excluding hydrogens is 380 g/mol. The Hall–Kier alpha value is -3.48. The van der Waals surface area contributed by atoms with Crippen molar-refractivity contribution in [2.24, 2.45) is 0 Å². The summed E-state index contributed by atoms with van der Waals surface area (Å²) in [5.41, 5.74) is 2.39. The maximum Gasteiger partial charge on any atom is 0.262 e. The number of anilines is 1. The molecule has 3 aliphatic rings. The molecule has 0 aliphatic carbocycles. The van der Waals surface area contributed by atoms with Crippen molar-refractivity contribution < 1.29 is 9.59 Å². The number of amides is 2. The van der Waals surface area contributed by atoms with E-state index < -0.39 is 6.04 Å². The van der Waals surface area contributed by atoms with Gasteiger partial charge >= 0.3 is 0 Å². The first kappa shape index (κ1) is 17.4. The number of fused-ring (bicyclic) bond motifs is 8. The molecule has 0 radical (unpaired) electrons. The van der Waals surface area contributed by atoms with Gasteiger partial charge in [-0.25, -0.2) is 4.98 Å². The summed E-state index contributed by atoms with van der Waals surface area (Å²) in [6, 6.07) is 14.1. The topological polar surface area (TPSA) is 75.5 Å². The molecule has 0 spiro atoms. The van der Waals surface area contributed by atoms with E-state index in [9.17, 15) is 14.4 Å². The monoisotopic (exact) mass is 400 g/mol. The lowest BCUT2D eigenvalue weighted by molar-refractivity contribution is -0.140. The Morgan fingerprint density at radius 2 is 1.80 bits per heavy atom. The summed E-state index contributed by atoms with van der Waals surface area (Å²) >= 11 is 0. The van der Waals surface area contributed by atoms with Gasteiger partial charge in [-0.15, -0.1) is 0 Å². The van der Waals surface area contributed by atoms with Crippen LogP contribution in [0.25, 0.3) is 10.9 Å². The molecule has 1 saturated heterocycles. The van der Waals surface area contributed by atoms with Crippen molar-refractivity contribution in [3.63, 3.8) is 0 Å². The van der Waals surface area contributed by atoms with Crippen LogP contribution < -0.4 is 10.5 Å². The minimum Gasteiger partial charge on any atom is -0.309 e. The normalized spacial score (nSPS) is 26.4. The molecule has 4 atom stereocenters. The Bertz CT molecular complexity index is 1310. The Morgan fingerprint density at radius 1 is 1.07 bits per heavy atom. The van der Waals surface area contributed by atoms with Crippen molar-refractivity contribution in [3.05, 3.63) is 70.3 Å². The first-order valence-electron chi connectivity index (χ1n) is 10.2. The molecule has 0 unspecified atom stereocenters. The van der Waals surface area contributed by atoms with E-state index in [1.165, 1.54) is 6.92 Å². The minimum absolute atomic E-state index is 0.00109. The fourth-order valence-corrected chi connectivity index (χ4v) is 5.58. The number of para-hydroxylation sites is 2. The predicted octanol–water partition coefficient (Wildman–Crippen LogP) is 2.72. The highest BCUT2D eigenvalue weighted by atomic mass is 16.2. The Balaban J connectivity index is 1.59. The molecule has 150 valence electrons. The van der Waals surface area contributed by atoms with E-state index >= 15 is 0 Å². The number of hydrogen-bond donors (Lipinski definition) is 0.